The predicted octanol–water partition coefficient (Wildman–Crippen LogP) is 0.926. The van der Waals surface area contributed by atoms with E-state index in [1.54, 1.807) is 4.90 Å². The zero-order valence-electron chi connectivity index (χ0n) is 13.7. The molecule has 24 heavy (non-hydrogen) atoms. The summed E-state index contributed by atoms with van der Waals surface area (Å²) in [5.41, 5.74) is 2.16. The monoisotopic (exact) mass is 327 g/mol. The molecule has 4 rings (SSSR count). The average molecular weight is 327 g/mol. The summed E-state index contributed by atoms with van der Waals surface area (Å²) in [5, 5.41) is 3.85. The van der Waals surface area contributed by atoms with E-state index in [1.807, 2.05) is 25.1 Å². The highest BCUT2D eigenvalue weighted by Gasteiger charge is 2.38. The Morgan fingerprint density at radius 2 is 2.08 bits per heavy atom. The van der Waals surface area contributed by atoms with Crippen LogP contribution in [0.15, 0.2) is 28.7 Å². The van der Waals surface area contributed by atoms with Crippen molar-refractivity contribution in [3.8, 4) is 0 Å². The second-order valence-corrected chi connectivity index (χ2v) is 6.50. The quantitative estimate of drug-likeness (QED) is 0.911. The first-order chi connectivity index (χ1) is 11.6. The lowest BCUT2D eigenvalue weighted by atomic mass is 10.1. The fraction of sp³-hybridized carbons (Fsp3) is 0.444. The highest BCUT2D eigenvalue weighted by atomic mass is 16.3. The van der Waals surface area contributed by atoms with Gasteiger partial charge in [-0.05, 0) is 19.4 Å². The molecule has 1 unspecified atom stereocenters. The van der Waals surface area contributed by atoms with Gasteiger partial charge in [0.15, 0.2) is 0 Å². The average Bonchev–Trinajstić information content (AvgIpc) is 2.91. The SMILES string of the molecule is Cc1oc2ccccc2c1CCN1CCN2C(=O)CNC(=O)C2C1. The van der Waals surface area contributed by atoms with Crippen molar-refractivity contribution in [2.45, 2.75) is 19.4 Å². The number of piperazine rings is 2. The van der Waals surface area contributed by atoms with Crippen molar-refractivity contribution in [2.75, 3.05) is 32.7 Å². The van der Waals surface area contributed by atoms with Crippen molar-refractivity contribution in [2.24, 2.45) is 0 Å². The van der Waals surface area contributed by atoms with E-state index in [0.29, 0.717) is 13.1 Å². The minimum absolute atomic E-state index is 0.0240. The summed E-state index contributed by atoms with van der Waals surface area (Å²) in [5.74, 6) is 0.945. The lowest BCUT2D eigenvalue weighted by Crippen LogP contribution is -2.66. The van der Waals surface area contributed by atoms with Crippen molar-refractivity contribution in [1.82, 2.24) is 15.1 Å². The molecule has 1 aromatic carbocycles. The summed E-state index contributed by atoms with van der Waals surface area (Å²) in [4.78, 5) is 27.9. The number of furan rings is 1. The van der Waals surface area contributed by atoms with Gasteiger partial charge >= 0.3 is 0 Å². The zero-order valence-corrected chi connectivity index (χ0v) is 13.7. The number of benzene rings is 1. The van der Waals surface area contributed by atoms with Gasteiger partial charge in [-0.1, -0.05) is 18.2 Å². The van der Waals surface area contributed by atoms with E-state index >= 15 is 0 Å². The molecule has 1 N–H and O–H groups in total. The van der Waals surface area contributed by atoms with Crippen LogP contribution in [0.2, 0.25) is 0 Å². The van der Waals surface area contributed by atoms with Crippen LogP contribution < -0.4 is 5.32 Å². The molecule has 2 aliphatic rings. The maximum Gasteiger partial charge on any atom is 0.244 e. The number of aryl methyl sites for hydroxylation is 1. The molecule has 6 heteroatoms. The Balaban J connectivity index is 1.45. The van der Waals surface area contributed by atoms with Crippen LogP contribution in [0.25, 0.3) is 11.0 Å². The smallest absolute Gasteiger partial charge is 0.244 e. The van der Waals surface area contributed by atoms with E-state index in [-0.39, 0.29) is 24.4 Å². The summed E-state index contributed by atoms with van der Waals surface area (Å²) >= 11 is 0. The standard InChI is InChI=1S/C18H21N3O3/c1-12-13(14-4-2-3-5-16(14)24-12)6-7-20-8-9-21-15(11-20)18(23)19-10-17(21)22/h2-5,15H,6-11H2,1H3,(H,19,23). The number of carbonyl (C=O) groups is 2. The number of carbonyl (C=O) groups excluding carboxylic acids is 2. The molecule has 2 saturated heterocycles. The lowest BCUT2D eigenvalue weighted by molar-refractivity contribution is -0.149. The van der Waals surface area contributed by atoms with Gasteiger partial charge in [-0.2, -0.15) is 0 Å². The molecule has 0 saturated carbocycles. The maximum absolute atomic E-state index is 12.0. The molecule has 2 aliphatic heterocycles. The number of nitrogens with one attached hydrogen (secondary N) is 1. The van der Waals surface area contributed by atoms with E-state index in [1.165, 1.54) is 10.9 Å². The largest absolute Gasteiger partial charge is 0.461 e. The zero-order chi connectivity index (χ0) is 16.7. The summed E-state index contributed by atoms with van der Waals surface area (Å²) in [7, 11) is 0. The van der Waals surface area contributed by atoms with Crippen LogP contribution >= 0.6 is 0 Å². The third-order valence-corrected chi connectivity index (χ3v) is 5.08. The summed E-state index contributed by atoms with van der Waals surface area (Å²) in [6.45, 7) is 5.03. The molecule has 6 nitrogen and oxygen atoms in total. The number of fused-ring (bicyclic) bond motifs is 2. The minimum Gasteiger partial charge on any atom is -0.461 e. The molecule has 1 atom stereocenters. The molecule has 0 aliphatic carbocycles. The number of amides is 2. The van der Waals surface area contributed by atoms with Gasteiger partial charge in [-0.25, -0.2) is 0 Å². The molecule has 2 amide bonds. The molecule has 2 aromatic rings. The Labute approximate surface area is 140 Å². The van der Waals surface area contributed by atoms with E-state index in [2.05, 4.69) is 16.3 Å². The van der Waals surface area contributed by atoms with Crippen molar-refractivity contribution < 1.29 is 14.0 Å². The Kier molecular flexibility index (Phi) is 3.76. The Morgan fingerprint density at radius 3 is 2.96 bits per heavy atom. The number of nitrogens with zero attached hydrogens (tertiary/aromatic N) is 2. The number of hydrogen-bond acceptors (Lipinski definition) is 4. The van der Waals surface area contributed by atoms with Gasteiger partial charge in [0, 0.05) is 37.1 Å². The molecule has 2 fully saturated rings. The van der Waals surface area contributed by atoms with Crippen LogP contribution in [-0.4, -0.2) is 60.4 Å². The van der Waals surface area contributed by atoms with Crippen LogP contribution in [-0.2, 0) is 16.0 Å². The first-order valence-corrected chi connectivity index (χ1v) is 8.40. The van der Waals surface area contributed by atoms with Crippen LogP contribution in [0.5, 0.6) is 0 Å². The normalized spacial score (nSPS) is 21.9. The van der Waals surface area contributed by atoms with Crippen LogP contribution in [0.4, 0.5) is 0 Å². The van der Waals surface area contributed by atoms with Gasteiger partial charge in [0.05, 0.1) is 6.54 Å². The minimum atomic E-state index is -0.345. The third-order valence-electron chi connectivity index (χ3n) is 5.08. The predicted molar refractivity (Wildman–Crippen MR) is 89.6 cm³/mol. The van der Waals surface area contributed by atoms with Gasteiger partial charge in [0.1, 0.15) is 17.4 Å². The lowest BCUT2D eigenvalue weighted by Gasteiger charge is -2.43. The van der Waals surface area contributed by atoms with Crippen molar-refractivity contribution in [3.63, 3.8) is 0 Å². The van der Waals surface area contributed by atoms with Crippen LogP contribution in [0.3, 0.4) is 0 Å². The van der Waals surface area contributed by atoms with E-state index in [9.17, 15) is 9.59 Å². The summed E-state index contributed by atoms with van der Waals surface area (Å²) in [6, 6.07) is 7.74. The summed E-state index contributed by atoms with van der Waals surface area (Å²) in [6.07, 6.45) is 0.880. The first kappa shape index (κ1) is 15.2. The highest BCUT2D eigenvalue weighted by molar-refractivity contribution is 5.95. The van der Waals surface area contributed by atoms with Crippen LogP contribution in [0.1, 0.15) is 11.3 Å². The molecule has 0 spiro atoms. The first-order valence-electron chi connectivity index (χ1n) is 8.40. The van der Waals surface area contributed by atoms with Gasteiger partial charge in [0.25, 0.3) is 0 Å². The number of hydrogen-bond donors (Lipinski definition) is 1. The fourth-order valence-corrected chi connectivity index (χ4v) is 3.75. The van der Waals surface area contributed by atoms with Gasteiger partial charge in [-0.15, -0.1) is 0 Å². The Hall–Kier alpha value is -2.34. The second kappa shape index (κ2) is 5.94. The second-order valence-electron chi connectivity index (χ2n) is 6.50. The number of rotatable bonds is 3. The summed E-state index contributed by atoms with van der Waals surface area (Å²) < 4.78 is 5.82. The fourth-order valence-electron chi connectivity index (χ4n) is 3.75. The molecule has 0 bridgehead atoms. The van der Waals surface area contributed by atoms with Crippen molar-refractivity contribution in [3.05, 3.63) is 35.6 Å². The van der Waals surface area contributed by atoms with Crippen molar-refractivity contribution in [1.29, 1.82) is 0 Å². The van der Waals surface area contributed by atoms with E-state index < -0.39 is 0 Å². The van der Waals surface area contributed by atoms with Gasteiger partial charge in [-0.3, -0.25) is 14.5 Å². The maximum atomic E-state index is 12.0. The van der Waals surface area contributed by atoms with E-state index in [0.717, 1.165) is 30.9 Å². The van der Waals surface area contributed by atoms with Crippen LogP contribution in [0, 0.1) is 6.92 Å². The molecular weight excluding hydrogens is 306 g/mol. The number of para-hydroxylation sites is 1. The molecule has 1 aromatic heterocycles. The molecular formula is C18H21N3O3. The van der Waals surface area contributed by atoms with E-state index in [4.69, 9.17) is 4.42 Å². The van der Waals surface area contributed by atoms with Crippen molar-refractivity contribution >= 4 is 22.8 Å². The topological polar surface area (TPSA) is 65.8 Å². The van der Waals surface area contributed by atoms with Gasteiger partial charge < -0.3 is 14.6 Å². The Morgan fingerprint density at radius 1 is 1.25 bits per heavy atom. The Bertz CT molecular complexity index is 798. The van der Waals surface area contributed by atoms with Gasteiger partial charge in [0.2, 0.25) is 11.8 Å². The highest BCUT2D eigenvalue weighted by Crippen LogP contribution is 2.26. The molecule has 3 heterocycles. The molecule has 126 valence electrons. The third kappa shape index (κ3) is 2.57. The molecule has 0 radical (unpaired) electrons.